The molecule has 92 valence electrons. The summed E-state index contributed by atoms with van der Waals surface area (Å²) in [7, 11) is 1.82. The van der Waals surface area contributed by atoms with E-state index in [4.69, 9.17) is 4.74 Å². The van der Waals surface area contributed by atoms with E-state index in [1.807, 2.05) is 14.0 Å². The topological polar surface area (TPSA) is 74.1 Å². The van der Waals surface area contributed by atoms with Crippen LogP contribution in [0.4, 0.5) is 0 Å². The molecule has 16 heavy (non-hydrogen) atoms. The molecule has 0 spiro atoms. The molecule has 3 N–H and O–H groups in total. The zero-order valence-electron chi connectivity index (χ0n) is 9.62. The Kier molecular flexibility index (Phi) is 3.44. The predicted molar refractivity (Wildman–Crippen MR) is 63.4 cm³/mol. The van der Waals surface area contributed by atoms with Crippen molar-refractivity contribution in [2.45, 2.75) is 43.6 Å². The van der Waals surface area contributed by atoms with Gasteiger partial charge >= 0.3 is 0 Å². The van der Waals surface area contributed by atoms with Gasteiger partial charge in [0, 0.05) is 13.0 Å². The SMILES string of the molecule is CNC1=N[C@@H]2[C@H](C)[C@H](O)[C@@H]([C@@H](C)O)O[C@@H]2S1. The summed E-state index contributed by atoms with van der Waals surface area (Å²) in [6.07, 6.45) is -1.85. The molecule has 2 rings (SSSR count). The third-order valence-corrected chi connectivity index (χ3v) is 4.32. The molecule has 0 aromatic carbocycles. The van der Waals surface area contributed by atoms with Gasteiger partial charge in [-0.15, -0.1) is 0 Å². The summed E-state index contributed by atoms with van der Waals surface area (Å²) in [6, 6.07) is -0.0301. The number of hydrogen-bond donors (Lipinski definition) is 3. The second-order valence-electron chi connectivity index (χ2n) is 4.35. The number of rotatable bonds is 1. The van der Waals surface area contributed by atoms with E-state index < -0.39 is 18.3 Å². The fourth-order valence-corrected chi connectivity index (χ4v) is 3.29. The first kappa shape index (κ1) is 12.2. The lowest BCUT2D eigenvalue weighted by Crippen LogP contribution is -2.53. The van der Waals surface area contributed by atoms with Crippen molar-refractivity contribution in [3.05, 3.63) is 0 Å². The van der Waals surface area contributed by atoms with E-state index in [-0.39, 0.29) is 17.4 Å². The Morgan fingerprint density at radius 2 is 2.25 bits per heavy atom. The number of aliphatic imine (C=N–C) groups is 1. The van der Waals surface area contributed by atoms with Crippen LogP contribution in [0.1, 0.15) is 13.8 Å². The highest BCUT2D eigenvalue weighted by molar-refractivity contribution is 8.14. The van der Waals surface area contributed by atoms with E-state index in [1.165, 1.54) is 11.8 Å². The van der Waals surface area contributed by atoms with Crippen LogP contribution in [-0.4, -0.2) is 52.2 Å². The molecule has 2 heterocycles. The lowest BCUT2D eigenvalue weighted by Gasteiger charge is -2.40. The molecule has 0 amide bonds. The van der Waals surface area contributed by atoms with E-state index in [0.29, 0.717) is 0 Å². The highest BCUT2D eigenvalue weighted by Gasteiger charge is 2.47. The van der Waals surface area contributed by atoms with Gasteiger partial charge in [0.25, 0.3) is 0 Å². The summed E-state index contributed by atoms with van der Waals surface area (Å²) in [6.45, 7) is 3.59. The fourth-order valence-electron chi connectivity index (χ4n) is 2.14. The van der Waals surface area contributed by atoms with Gasteiger partial charge in [-0.3, -0.25) is 4.99 Å². The molecular weight excluding hydrogens is 228 g/mol. The molecule has 2 aliphatic rings. The van der Waals surface area contributed by atoms with Crippen molar-refractivity contribution in [1.29, 1.82) is 0 Å². The van der Waals surface area contributed by atoms with Crippen molar-refractivity contribution < 1.29 is 14.9 Å². The molecule has 0 aromatic rings. The van der Waals surface area contributed by atoms with E-state index >= 15 is 0 Å². The van der Waals surface area contributed by atoms with Gasteiger partial charge in [0.15, 0.2) is 5.17 Å². The first-order chi connectivity index (χ1) is 7.54. The number of hydrogen-bond acceptors (Lipinski definition) is 6. The molecule has 6 atom stereocenters. The minimum atomic E-state index is -0.669. The zero-order chi connectivity index (χ0) is 11.9. The summed E-state index contributed by atoms with van der Waals surface area (Å²) in [5.74, 6) is -0.00306. The van der Waals surface area contributed by atoms with Crippen LogP contribution < -0.4 is 5.32 Å². The molecule has 2 aliphatic heterocycles. The van der Waals surface area contributed by atoms with Crippen molar-refractivity contribution in [3.8, 4) is 0 Å². The Morgan fingerprint density at radius 1 is 1.56 bits per heavy atom. The van der Waals surface area contributed by atoms with Gasteiger partial charge in [0.2, 0.25) is 0 Å². The normalized spacial score (nSPS) is 44.8. The summed E-state index contributed by atoms with van der Waals surface area (Å²) in [5, 5.41) is 23.4. The zero-order valence-corrected chi connectivity index (χ0v) is 10.4. The van der Waals surface area contributed by atoms with E-state index in [9.17, 15) is 10.2 Å². The van der Waals surface area contributed by atoms with E-state index in [1.54, 1.807) is 6.92 Å². The maximum Gasteiger partial charge on any atom is 0.159 e. The number of aliphatic hydroxyl groups excluding tert-OH is 2. The van der Waals surface area contributed by atoms with Gasteiger partial charge in [-0.1, -0.05) is 18.7 Å². The van der Waals surface area contributed by atoms with Crippen molar-refractivity contribution in [2.75, 3.05) is 7.05 Å². The molecule has 0 radical (unpaired) electrons. The third kappa shape index (κ3) is 1.95. The Labute approximate surface area is 99.3 Å². The smallest absolute Gasteiger partial charge is 0.159 e. The predicted octanol–water partition coefficient (Wildman–Crippen LogP) is -0.220. The number of ether oxygens (including phenoxy) is 1. The third-order valence-electron chi connectivity index (χ3n) is 3.17. The van der Waals surface area contributed by atoms with Crippen LogP contribution >= 0.6 is 11.8 Å². The van der Waals surface area contributed by atoms with Crippen LogP contribution in [0.2, 0.25) is 0 Å². The Morgan fingerprint density at radius 3 is 2.81 bits per heavy atom. The Bertz CT molecular complexity index is 298. The number of nitrogens with zero attached hydrogens (tertiary/aromatic N) is 1. The molecule has 6 heteroatoms. The van der Waals surface area contributed by atoms with Crippen molar-refractivity contribution >= 4 is 16.9 Å². The molecule has 1 saturated heterocycles. The maximum absolute atomic E-state index is 10.0. The van der Waals surface area contributed by atoms with Crippen LogP contribution in [0.3, 0.4) is 0 Å². The van der Waals surface area contributed by atoms with Gasteiger partial charge in [0.05, 0.1) is 18.2 Å². The molecule has 0 aromatic heterocycles. The largest absolute Gasteiger partial charge is 0.391 e. The lowest BCUT2D eigenvalue weighted by molar-refractivity contribution is -0.157. The van der Waals surface area contributed by atoms with Gasteiger partial charge < -0.3 is 20.3 Å². The highest BCUT2D eigenvalue weighted by Crippen LogP contribution is 2.39. The fraction of sp³-hybridized carbons (Fsp3) is 0.900. The first-order valence-electron chi connectivity index (χ1n) is 5.48. The van der Waals surface area contributed by atoms with Gasteiger partial charge in [0.1, 0.15) is 11.5 Å². The van der Waals surface area contributed by atoms with Gasteiger partial charge in [-0.2, -0.15) is 0 Å². The van der Waals surface area contributed by atoms with Crippen LogP contribution in [0, 0.1) is 5.92 Å². The van der Waals surface area contributed by atoms with Crippen molar-refractivity contribution in [3.63, 3.8) is 0 Å². The highest BCUT2D eigenvalue weighted by atomic mass is 32.2. The molecule has 0 bridgehead atoms. The Hall–Kier alpha value is -0.300. The number of aliphatic hydroxyl groups is 2. The molecule has 0 aliphatic carbocycles. The molecule has 0 unspecified atom stereocenters. The maximum atomic E-state index is 10.0. The first-order valence-corrected chi connectivity index (χ1v) is 6.36. The summed E-state index contributed by atoms with van der Waals surface area (Å²) in [5.41, 5.74) is -0.0968. The summed E-state index contributed by atoms with van der Waals surface area (Å²) >= 11 is 1.52. The molecular formula is C10H18N2O3S. The average molecular weight is 246 g/mol. The second kappa shape index (κ2) is 4.52. The van der Waals surface area contributed by atoms with Crippen molar-refractivity contribution in [2.24, 2.45) is 10.9 Å². The number of nitrogens with one attached hydrogen (secondary N) is 1. The van der Waals surface area contributed by atoms with Crippen LogP contribution in [-0.2, 0) is 4.74 Å². The van der Waals surface area contributed by atoms with Gasteiger partial charge in [-0.25, -0.2) is 0 Å². The summed E-state index contributed by atoms with van der Waals surface area (Å²) < 4.78 is 5.69. The molecule has 0 saturated carbocycles. The minimum Gasteiger partial charge on any atom is -0.391 e. The number of thioether (sulfide) groups is 1. The monoisotopic (exact) mass is 246 g/mol. The van der Waals surface area contributed by atoms with Crippen LogP contribution in [0.15, 0.2) is 4.99 Å². The number of fused-ring (bicyclic) bond motifs is 1. The van der Waals surface area contributed by atoms with E-state index in [0.717, 1.165) is 5.17 Å². The van der Waals surface area contributed by atoms with Crippen LogP contribution in [0.25, 0.3) is 0 Å². The molecule has 1 fully saturated rings. The van der Waals surface area contributed by atoms with Crippen molar-refractivity contribution in [1.82, 2.24) is 5.32 Å². The lowest BCUT2D eigenvalue weighted by atomic mass is 9.88. The quantitative estimate of drug-likeness (QED) is 0.596. The summed E-state index contributed by atoms with van der Waals surface area (Å²) in [4.78, 5) is 4.46. The van der Waals surface area contributed by atoms with E-state index in [2.05, 4.69) is 10.3 Å². The number of amidine groups is 1. The standard InChI is InChI=1S/C10H18N2O3S/c1-4-6-9(16-10(11-3)12-6)15-8(5(2)13)7(4)14/h4-9,13-14H,1-3H3,(H,11,12)/t4-,5+,6+,7-,8+,9+/m0/s1. The minimum absolute atomic E-state index is 0.00306. The molecule has 5 nitrogen and oxygen atoms in total. The second-order valence-corrected chi connectivity index (χ2v) is 5.44. The van der Waals surface area contributed by atoms with Crippen LogP contribution in [0.5, 0.6) is 0 Å². The van der Waals surface area contributed by atoms with Gasteiger partial charge in [-0.05, 0) is 6.92 Å². The average Bonchev–Trinajstić information content (AvgIpc) is 2.66. The Balaban J connectivity index is 2.14.